The average Bonchev–Trinajstić information content (AvgIpc) is 2.71. The first-order valence-electron chi connectivity index (χ1n) is 6.10. The van der Waals surface area contributed by atoms with Crippen molar-refractivity contribution >= 4 is 5.69 Å². The minimum atomic E-state index is 0.947. The smallest absolute Gasteiger partial charge is 0.0853 e. The standard InChI is InChI=1S/C14H19N3/c1-3-13-14(11-17(2)16-13)15-10-9-12-7-5-4-6-8-12/h4-8,11,15H,3,9-10H2,1-2H3. The van der Waals surface area contributed by atoms with E-state index in [4.69, 9.17) is 0 Å². The number of nitrogens with zero attached hydrogens (tertiary/aromatic N) is 2. The molecule has 3 heteroatoms. The van der Waals surface area contributed by atoms with Crippen molar-refractivity contribution in [2.75, 3.05) is 11.9 Å². The first kappa shape index (κ1) is 11.7. The summed E-state index contributed by atoms with van der Waals surface area (Å²) in [6.07, 6.45) is 4.05. The number of anilines is 1. The Morgan fingerprint density at radius 1 is 1.24 bits per heavy atom. The maximum Gasteiger partial charge on any atom is 0.0853 e. The van der Waals surface area contributed by atoms with E-state index in [1.54, 1.807) is 0 Å². The van der Waals surface area contributed by atoms with Gasteiger partial charge in [0.15, 0.2) is 0 Å². The summed E-state index contributed by atoms with van der Waals surface area (Å²) >= 11 is 0. The lowest BCUT2D eigenvalue weighted by molar-refractivity contribution is 0.746. The van der Waals surface area contributed by atoms with Gasteiger partial charge in [-0.25, -0.2) is 0 Å². The zero-order valence-electron chi connectivity index (χ0n) is 10.5. The first-order valence-corrected chi connectivity index (χ1v) is 6.10. The highest BCUT2D eigenvalue weighted by Gasteiger charge is 2.04. The number of aryl methyl sites for hydroxylation is 2. The molecule has 0 radical (unpaired) electrons. The zero-order chi connectivity index (χ0) is 12.1. The van der Waals surface area contributed by atoms with Crippen LogP contribution in [0.1, 0.15) is 18.2 Å². The van der Waals surface area contributed by atoms with E-state index in [-0.39, 0.29) is 0 Å². The molecule has 0 bridgehead atoms. The molecule has 17 heavy (non-hydrogen) atoms. The molecule has 3 nitrogen and oxygen atoms in total. The molecule has 1 N–H and O–H groups in total. The van der Waals surface area contributed by atoms with Gasteiger partial charge in [0.1, 0.15) is 0 Å². The Morgan fingerprint density at radius 2 is 2.00 bits per heavy atom. The molecule has 0 aliphatic rings. The van der Waals surface area contributed by atoms with Crippen molar-refractivity contribution in [2.45, 2.75) is 19.8 Å². The second kappa shape index (κ2) is 5.53. The van der Waals surface area contributed by atoms with Crippen LogP contribution in [0.3, 0.4) is 0 Å². The molecule has 0 atom stereocenters. The van der Waals surface area contributed by atoms with Crippen LogP contribution in [0.15, 0.2) is 36.5 Å². The molecule has 1 aromatic carbocycles. The number of hydrogen-bond acceptors (Lipinski definition) is 2. The topological polar surface area (TPSA) is 29.9 Å². The highest BCUT2D eigenvalue weighted by Crippen LogP contribution is 2.13. The van der Waals surface area contributed by atoms with Crippen LogP contribution in [0.25, 0.3) is 0 Å². The van der Waals surface area contributed by atoms with E-state index in [2.05, 4.69) is 41.6 Å². The Hall–Kier alpha value is -1.77. The molecule has 0 aliphatic carbocycles. The molecular formula is C14H19N3. The largest absolute Gasteiger partial charge is 0.382 e. The van der Waals surface area contributed by atoms with Crippen LogP contribution in [0.2, 0.25) is 0 Å². The predicted octanol–water partition coefficient (Wildman–Crippen LogP) is 2.64. The van der Waals surface area contributed by atoms with Gasteiger partial charge in [0, 0.05) is 19.8 Å². The number of aromatic nitrogens is 2. The van der Waals surface area contributed by atoms with Crippen LogP contribution in [-0.4, -0.2) is 16.3 Å². The van der Waals surface area contributed by atoms with Gasteiger partial charge in [-0.15, -0.1) is 0 Å². The zero-order valence-corrected chi connectivity index (χ0v) is 10.5. The summed E-state index contributed by atoms with van der Waals surface area (Å²) in [7, 11) is 1.96. The fourth-order valence-corrected chi connectivity index (χ4v) is 1.93. The highest BCUT2D eigenvalue weighted by atomic mass is 15.3. The van der Waals surface area contributed by atoms with Gasteiger partial charge in [0.25, 0.3) is 0 Å². The molecule has 0 saturated heterocycles. The second-order valence-electron chi connectivity index (χ2n) is 4.18. The van der Waals surface area contributed by atoms with Crippen molar-refractivity contribution in [3.8, 4) is 0 Å². The monoisotopic (exact) mass is 229 g/mol. The molecule has 0 fully saturated rings. The van der Waals surface area contributed by atoms with Crippen molar-refractivity contribution < 1.29 is 0 Å². The van der Waals surface area contributed by atoms with E-state index < -0.39 is 0 Å². The van der Waals surface area contributed by atoms with Gasteiger partial charge in [-0.05, 0) is 18.4 Å². The van der Waals surface area contributed by atoms with Gasteiger partial charge >= 0.3 is 0 Å². The van der Waals surface area contributed by atoms with Crippen molar-refractivity contribution in [2.24, 2.45) is 7.05 Å². The van der Waals surface area contributed by atoms with E-state index in [0.29, 0.717) is 0 Å². The molecule has 1 aromatic heterocycles. The van der Waals surface area contributed by atoms with Crippen LogP contribution < -0.4 is 5.32 Å². The lowest BCUT2D eigenvalue weighted by Gasteiger charge is -2.05. The van der Waals surface area contributed by atoms with Crippen molar-refractivity contribution in [3.05, 3.63) is 47.8 Å². The fraction of sp³-hybridized carbons (Fsp3) is 0.357. The molecule has 90 valence electrons. The third-order valence-corrected chi connectivity index (χ3v) is 2.81. The molecule has 0 unspecified atom stereocenters. The van der Waals surface area contributed by atoms with E-state index in [1.165, 1.54) is 5.56 Å². The van der Waals surface area contributed by atoms with Crippen molar-refractivity contribution in [3.63, 3.8) is 0 Å². The van der Waals surface area contributed by atoms with Crippen LogP contribution in [0.4, 0.5) is 5.69 Å². The van der Waals surface area contributed by atoms with Crippen LogP contribution >= 0.6 is 0 Å². The number of hydrogen-bond donors (Lipinski definition) is 1. The Balaban J connectivity index is 1.90. The van der Waals surface area contributed by atoms with Gasteiger partial charge in [-0.1, -0.05) is 37.3 Å². The minimum absolute atomic E-state index is 0.947. The first-order chi connectivity index (χ1) is 8.29. The summed E-state index contributed by atoms with van der Waals surface area (Å²) in [5.41, 5.74) is 3.66. The molecule has 2 rings (SSSR count). The van der Waals surface area contributed by atoms with Crippen molar-refractivity contribution in [1.82, 2.24) is 9.78 Å². The Morgan fingerprint density at radius 3 is 2.71 bits per heavy atom. The van der Waals surface area contributed by atoms with Gasteiger partial charge in [-0.3, -0.25) is 4.68 Å². The normalized spacial score (nSPS) is 10.5. The molecule has 0 spiro atoms. The minimum Gasteiger partial charge on any atom is -0.382 e. The molecule has 2 aromatic rings. The SMILES string of the molecule is CCc1nn(C)cc1NCCc1ccccc1. The van der Waals surface area contributed by atoms with E-state index in [9.17, 15) is 0 Å². The van der Waals surface area contributed by atoms with Gasteiger partial charge in [-0.2, -0.15) is 5.10 Å². The van der Waals surface area contributed by atoms with Crippen LogP contribution in [0.5, 0.6) is 0 Å². The average molecular weight is 229 g/mol. The number of nitrogens with one attached hydrogen (secondary N) is 1. The van der Waals surface area contributed by atoms with E-state index >= 15 is 0 Å². The summed E-state index contributed by atoms with van der Waals surface area (Å²) < 4.78 is 1.86. The molecule has 1 heterocycles. The molecule has 0 amide bonds. The third-order valence-electron chi connectivity index (χ3n) is 2.81. The quantitative estimate of drug-likeness (QED) is 0.854. The van der Waals surface area contributed by atoms with Gasteiger partial charge in [0.2, 0.25) is 0 Å². The Kier molecular flexibility index (Phi) is 3.81. The highest BCUT2D eigenvalue weighted by molar-refractivity contribution is 5.46. The summed E-state index contributed by atoms with van der Waals surface area (Å²) in [4.78, 5) is 0. The lowest BCUT2D eigenvalue weighted by Crippen LogP contribution is -2.05. The third kappa shape index (κ3) is 3.09. The maximum absolute atomic E-state index is 4.41. The van der Waals surface area contributed by atoms with Crippen LogP contribution in [0, 0.1) is 0 Å². The number of rotatable bonds is 5. The molecule has 0 saturated carbocycles. The Labute approximate surface area is 102 Å². The second-order valence-corrected chi connectivity index (χ2v) is 4.18. The molecular weight excluding hydrogens is 210 g/mol. The summed E-state index contributed by atoms with van der Waals surface area (Å²) in [5.74, 6) is 0. The number of benzene rings is 1. The van der Waals surface area contributed by atoms with E-state index in [1.807, 2.05) is 24.0 Å². The van der Waals surface area contributed by atoms with Crippen LogP contribution in [-0.2, 0) is 19.9 Å². The van der Waals surface area contributed by atoms with E-state index in [0.717, 1.165) is 30.8 Å². The fourth-order valence-electron chi connectivity index (χ4n) is 1.93. The maximum atomic E-state index is 4.41. The van der Waals surface area contributed by atoms with Crippen molar-refractivity contribution in [1.29, 1.82) is 0 Å². The molecule has 0 aliphatic heterocycles. The summed E-state index contributed by atoms with van der Waals surface area (Å²) in [6.45, 7) is 3.08. The van der Waals surface area contributed by atoms with Gasteiger partial charge in [0.05, 0.1) is 11.4 Å². The Bertz CT molecular complexity index is 460. The summed E-state index contributed by atoms with van der Waals surface area (Å²) in [5, 5.41) is 7.86. The predicted molar refractivity (Wildman–Crippen MR) is 71.2 cm³/mol. The lowest BCUT2D eigenvalue weighted by atomic mass is 10.1. The summed E-state index contributed by atoms with van der Waals surface area (Å²) in [6, 6.07) is 10.5. The van der Waals surface area contributed by atoms with Gasteiger partial charge < -0.3 is 5.32 Å².